The van der Waals surface area contributed by atoms with E-state index in [1.54, 1.807) is 23.9 Å². The van der Waals surface area contributed by atoms with Crippen molar-refractivity contribution in [2.75, 3.05) is 0 Å². The Hall–Kier alpha value is -1.93. The number of aromatic nitrogens is 1. The number of nitro benzene ring substituents is 1. The van der Waals surface area contributed by atoms with Gasteiger partial charge in [0.25, 0.3) is 5.69 Å². The summed E-state index contributed by atoms with van der Waals surface area (Å²) < 4.78 is 2.29. The molecule has 0 aliphatic heterocycles. The van der Waals surface area contributed by atoms with Crippen LogP contribution in [0.15, 0.2) is 22.8 Å². The van der Waals surface area contributed by atoms with E-state index in [0.717, 1.165) is 0 Å². The highest BCUT2D eigenvalue weighted by atomic mass is 79.9. The molecule has 0 aliphatic rings. The molecule has 1 unspecified atom stereocenters. The summed E-state index contributed by atoms with van der Waals surface area (Å²) >= 11 is 3.35. The molecule has 0 fully saturated rings. The summed E-state index contributed by atoms with van der Waals surface area (Å²) in [6.07, 6.45) is 1.78. The highest BCUT2D eigenvalue weighted by molar-refractivity contribution is 9.10. The topological polar surface area (TPSA) is 111 Å². The number of fused-ring (bicyclic) bond motifs is 1. The van der Waals surface area contributed by atoms with Gasteiger partial charge in [-0.2, -0.15) is 0 Å². The number of carboxylic acids is 1. The summed E-state index contributed by atoms with van der Waals surface area (Å²) in [6.45, 7) is 0. The number of halogens is 1. The second-order valence-corrected chi connectivity index (χ2v) is 5.32. The maximum Gasteiger partial charge on any atom is 0.320 e. The molecule has 1 aromatic heterocycles. The first kappa shape index (κ1) is 14.5. The lowest BCUT2D eigenvalue weighted by Gasteiger charge is -2.05. The lowest BCUT2D eigenvalue weighted by Crippen LogP contribution is -2.32. The Bertz CT molecular complexity index is 710. The third-order valence-corrected chi connectivity index (χ3v) is 3.74. The number of nitro groups is 1. The number of hydrogen-bond donors (Lipinski definition) is 2. The second kappa shape index (κ2) is 5.22. The zero-order chi connectivity index (χ0) is 15.0. The number of non-ortho nitro benzene ring substituents is 1. The van der Waals surface area contributed by atoms with E-state index in [4.69, 9.17) is 10.8 Å². The van der Waals surface area contributed by atoms with Crippen LogP contribution in [0.4, 0.5) is 5.69 Å². The van der Waals surface area contributed by atoms with Crippen LogP contribution in [0.25, 0.3) is 10.9 Å². The van der Waals surface area contributed by atoms with Gasteiger partial charge in [0, 0.05) is 35.6 Å². The SMILES string of the molecule is Cn1cc(CC(N)C(=O)O)c2c(Br)ccc([N+](=O)[O-])c21. The molecule has 0 bridgehead atoms. The van der Waals surface area contributed by atoms with E-state index in [1.807, 2.05) is 0 Å². The van der Waals surface area contributed by atoms with Crippen molar-refractivity contribution in [1.29, 1.82) is 0 Å². The standard InChI is InChI=1S/C12H12BrN3O4/c1-15-5-6(4-8(14)12(17)18)10-7(13)2-3-9(11(10)15)16(19)20/h2-3,5,8H,4,14H2,1H3,(H,17,18). The fraction of sp³-hybridized carbons (Fsp3) is 0.250. The van der Waals surface area contributed by atoms with Gasteiger partial charge in [0.15, 0.2) is 0 Å². The van der Waals surface area contributed by atoms with E-state index in [9.17, 15) is 14.9 Å². The normalized spacial score (nSPS) is 12.6. The Kier molecular flexibility index (Phi) is 3.78. The minimum absolute atomic E-state index is 0.0270. The van der Waals surface area contributed by atoms with Gasteiger partial charge in [0.05, 0.1) is 4.92 Å². The van der Waals surface area contributed by atoms with E-state index in [-0.39, 0.29) is 12.1 Å². The van der Waals surface area contributed by atoms with Gasteiger partial charge in [-0.15, -0.1) is 0 Å². The summed E-state index contributed by atoms with van der Waals surface area (Å²) in [4.78, 5) is 21.5. The summed E-state index contributed by atoms with van der Waals surface area (Å²) in [5.41, 5.74) is 6.61. The van der Waals surface area contributed by atoms with Crippen molar-refractivity contribution in [3.8, 4) is 0 Å². The Labute approximate surface area is 122 Å². The number of carboxylic acid groups (broad SMARTS) is 1. The van der Waals surface area contributed by atoms with Gasteiger partial charge < -0.3 is 15.4 Å². The molecule has 106 valence electrons. The molecule has 0 saturated carbocycles. The molecule has 2 aromatic rings. The van der Waals surface area contributed by atoms with Gasteiger partial charge in [-0.1, -0.05) is 15.9 Å². The molecule has 3 N–H and O–H groups in total. The number of nitrogens with two attached hydrogens (primary N) is 1. The molecule has 20 heavy (non-hydrogen) atoms. The Balaban J connectivity index is 2.67. The first-order chi connectivity index (χ1) is 9.32. The van der Waals surface area contributed by atoms with E-state index >= 15 is 0 Å². The number of benzene rings is 1. The smallest absolute Gasteiger partial charge is 0.320 e. The van der Waals surface area contributed by atoms with E-state index in [0.29, 0.717) is 20.9 Å². The Morgan fingerprint density at radius 1 is 1.60 bits per heavy atom. The van der Waals surface area contributed by atoms with Crippen LogP contribution >= 0.6 is 15.9 Å². The van der Waals surface area contributed by atoms with Crippen molar-refractivity contribution in [3.63, 3.8) is 0 Å². The average Bonchev–Trinajstić information content (AvgIpc) is 2.67. The van der Waals surface area contributed by atoms with Gasteiger partial charge in [-0.05, 0) is 11.6 Å². The minimum Gasteiger partial charge on any atom is -0.480 e. The van der Waals surface area contributed by atoms with Gasteiger partial charge in [-0.25, -0.2) is 0 Å². The molecule has 1 aromatic carbocycles. The number of carbonyl (C=O) groups is 1. The van der Waals surface area contributed by atoms with E-state index < -0.39 is 16.9 Å². The van der Waals surface area contributed by atoms with Gasteiger partial charge in [0.2, 0.25) is 0 Å². The van der Waals surface area contributed by atoms with Crippen molar-refractivity contribution < 1.29 is 14.8 Å². The fourth-order valence-electron chi connectivity index (χ4n) is 2.21. The molecule has 1 heterocycles. The maximum absolute atomic E-state index is 11.1. The van der Waals surface area contributed by atoms with Crippen molar-refractivity contribution in [3.05, 3.63) is 38.5 Å². The van der Waals surface area contributed by atoms with Crippen LogP contribution in [0, 0.1) is 10.1 Å². The van der Waals surface area contributed by atoms with Crippen molar-refractivity contribution in [2.45, 2.75) is 12.5 Å². The van der Waals surface area contributed by atoms with Crippen LogP contribution in [0.3, 0.4) is 0 Å². The summed E-state index contributed by atoms with van der Waals surface area (Å²) in [7, 11) is 1.68. The highest BCUT2D eigenvalue weighted by Gasteiger charge is 2.22. The summed E-state index contributed by atoms with van der Waals surface area (Å²) in [6, 6.07) is 1.94. The van der Waals surface area contributed by atoms with E-state index in [2.05, 4.69) is 15.9 Å². The predicted octanol–water partition coefficient (Wildman–Crippen LogP) is 1.80. The molecule has 1 atom stereocenters. The molecule has 0 saturated heterocycles. The first-order valence-corrected chi connectivity index (χ1v) is 6.51. The molecule has 7 nitrogen and oxygen atoms in total. The molecule has 8 heteroatoms. The zero-order valence-corrected chi connectivity index (χ0v) is 12.1. The Morgan fingerprint density at radius 3 is 2.80 bits per heavy atom. The van der Waals surface area contributed by atoms with Gasteiger partial charge in [-0.3, -0.25) is 14.9 Å². The first-order valence-electron chi connectivity index (χ1n) is 5.72. The molecule has 0 aliphatic carbocycles. The lowest BCUT2D eigenvalue weighted by atomic mass is 10.1. The van der Waals surface area contributed by atoms with Crippen molar-refractivity contribution >= 4 is 38.5 Å². The average molecular weight is 342 g/mol. The van der Waals surface area contributed by atoms with Crippen LogP contribution in [0.5, 0.6) is 0 Å². The minimum atomic E-state index is -1.11. The second-order valence-electron chi connectivity index (χ2n) is 4.46. The molecular formula is C12H12BrN3O4. The summed E-state index contributed by atoms with van der Waals surface area (Å²) in [5, 5.41) is 20.6. The molecular weight excluding hydrogens is 330 g/mol. The van der Waals surface area contributed by atoms with Crippen LogP contribution < -0.4 is 5.73 Å². The third-order valence-electron chi connectivity index (χ3n) is 3.08. The van der Waals surface area contributed by atoms with E-state index in [1.165, 1.54) is 6.07 Å². The number of rotatable bonds is 4. The number of aryl methyl sites for hydroxylation is 1. The maximum atomic E-state index is 11.1. The van der Waals surface area contributed by atoms with Crippen molar-refractivity contribution in [2.24, 2.45) is 12.8 Å². The zero-order valence-electron chi connectivity index (χ0n) is 10.5. The van der Waals surface area contributed by atoms with Gasteiger partial charge >= 0.3 is 5.97 Å². The van der Waals surface area contributed by atoms with Crippen LogP contribution in [-0.4, -0.2) is 26.6 Å². The molecule has 0 radical (unpaired) electrons. The number of nitrogens with zero attached hydrogens (tertiary/aromatic N) is 2. The highest BCUT2D eigenvalue weighted by Crippen LogP contribution is 2.35. The van der Waals surface area contributed by atoms with Crippen LogP contribution in [0.1, 0.15) is 5.56 Å². The van der Waals surface area contributed by atoms with Crippen LogP contribution in [-0.2, 0) is 18.3 Å². The lowest BCUT2D eigenvalue weighted by molar-refractivity contribution is -0.383. The number of hydrogen-bond acceptors (Lipinski definition) is 4. The third kappa shape index (κ3) is 2.39. The molecule has 2 rings (SSSR count). The number of aliphatic carboxylic acids is 1. The largest absolute Gasteiger partial charge is 0.480 e. The van der Waals surface area contributed by atoms with Crippen molar-refractivity contribution in [1.82, 2.24) is 4.57 Å². The van der Waals surface area contributed by atoms with Gasteiger partial charge in [0.1, 0.15) is 11.6 Å². The molecule has 0 spiro atoms. The predicted molar refractivity (Wildman–Crippen MR) is 76.6 cm³/mol. The monoisotopic (exact) mass is 341 g/mol. The van der Waals surface area contributed by atoms with Crippen LogP contribution in [0.2, 0.25) is 0 Å². The fourth-order valence-corrected chi connectivity index (χ4v) is 2.78. The Morgan fingerprint density at radius 2 is 2.25 bits per heavy atom. The molecule has 0 amide bonds. The summed E-state index contributed by atoms with van der Waals surface area (Å²) in [5.74, 6) is -1.11. The quantitative estimate of drug-likeness (QED) is 0.650.